The number of aromatic carboxylic acids is 1. The third kappa shape index (κ3) is 2.54. The van der Waals surface area contributed by atoms with Crippen LogP contribution >= 0.6 is 0 Å². The molecule has 0 spiro atoms. The number of hydrogen-bond acceptors (Lipinski definition) is 4. The molecule has 132 valence electrons. The zero-order chi connectivity index (χ0) is 18.3. The Labute approximate surface area is 150 Å². The maximum Gasteiger partial charge on any atom is 0.341 e. The second-order valence-corrected chi connectivity index (χ2v) is 6.55. The Morgan fingerprint density at radius 1 is 1.12 bits per heavy atom. The Hall–Kier alpha value is -3.15. The van der Waals surface area contributed by atoms with Crippen LogP contribution in [0.3, 0.4) is 0 Å². The number of pyridine rings is 2. The van der Waals surface area contributed by atoms with E-state index in [2.05, 4.69) is 9.88 Å². The topological polar surface area (TPSA) is 75.4 Å². The zero-order valence-corrected chi connectivity index (χ0v) is 14.5. The van der Waals surface area contributed by atoms with Crippen molar-refractivity contribution in [1.29, 1.82) is 0 Å². The minimum absolute atomic E-state index is 0.201. The fourth-order valence-electron chi connectivity index (χ4n) is 3.64. The van der Waals surface area contributed by atoms with Crippen LogP contribution in [0.15, 0.2) is 47.5 Å². The van der Waals surface area contributed by atoms with Gasteiger partial charge >= 0.3 is 5.97 Å². The van der Waals surface area contributed by atoms with Gasteiger partial charge in [0.1, 0.15) is 5.56 Å². The van der Waals surface area contributed by atoms with Crippen LogP contribution in [-0.2, 0) is 0 Å². The summed E-state index contributed by atoms with van der Waals surface area (Å²) >= 11 is 0. The molecular weight excluding hydrogens is 330 g/mol. The Balaban J connectivity index is 1.97. The molecule has 0 unspecified atom stereocenters. The number of fused-ring (bicyclic) bond motifs is 1. The lowest BCUT2D eigenvalue weighted by atomic mass is 10.1. The molecule has 1 saturated heterocycles. The number of aromatic nitrogens is 2. The first-order valence-corrected chi connectivity index (χ1v) is 8.66. The number of carboxylic acids is 1. The summed E-state index contributed by atoms with van der Waals surface area (Å²) < 4.78 is 1.40. The molecule has 0 saturated carbocycles. The van der Waals surface area contributed by atoms with Gasteiger partial charge in [-0.25, -0.2) is 4.79 Å². The first-order chi connectivity index (χ1) is 12.6. The van der Waals surface area contributed by atoms with Crippen LogP contribution in [0.25, 0.3) is 16.6 Å². The molecule has 1 aliphatic rings. The van der Waals surface area contributed by atoms with Gasteiger partial charge in [0.05, 0.1) is 16.9 Å². The molecule has 1 aromatic carbocycles. The normalized spacial score (nSPS) is 14.1. The number of benzene rings is 1. The number of carboxylic acid groups (broad SMARTS) is 1. The Morgan fingerprint density at radius 3 is 2.58 bits per heavy atom. The average molecular weight is 349 g/mol. The molecule has 0 aliphatic carbocycles. The van der Waals surface area contributed by atoms with Gasteiger partial charge in [0, 0.05) is 30.9 Å². The Morgan fingerprint density at radius 2 is 1.85 bits per heavy atom. The van der Waals surface area contributed by atoms with Crippen molar-refractivity contribution >= 4 is 22.6 Å². The summed E-state index contributed by atoms with van der Waals surface area (Å²) in [7, 11) is 0. The number of nitrogens with zero attached hydrogens (tertiary/aromatic N) is 3. The minimum Gasteiger partial charge on any atom is -0.477 e. The first kappa shape index (κ1) is 16.3. The lowest BCUT2D eigenvalue weighted by molar-refractivity contribution is 0.0693. The van der Waals surface area contributed by atoms with Crippen molar-refractivity contribution in [2.45, 2.75) is 19.8 Å². The molecule has 0 atom stereocenters. The predicted molar refractivity (Wildman–Crippen MR) is 100 cm³/mol. The van der Waals surface area contributed by atoms with Gasteiger partial charge < -0.3 is 10.0 Å². The monoisotopic (exact) mass is 349 g/mol. The van der Waals surface area contributed by atoms with Crippen molar-refractivity contribution < 1.29 is 9.90 Å². The maximum absolute atomic E-state index is 12.8. The third-order valence-electron chi connectivity index (χ3n) is 4.95. The quantitative estimate of drug-likeness (QED) is 0.787. The van der Waals surface area contributed by atoms with E-state index in [1.165, 1.54) is 4.57 Å². The lowest BCUT2D eigenvalue weighted by Crippen LogP contribution is -2.26. The molecule has 1 fully saturated rings. The van der Waals surface area contributed by atoms with Crippen LogP contribution < -0.4 is 10.5 Å². The predicted octanol–water partition coefficient (Wildman–Crippen LogP) is 2.99. The highest BCUT2D eigenvalue weighted by Gasteiger charge is 2.19. The van der Waals surface area contributed by atoms with E-state index in [9.17, 15) is 14.7 Å². The largest absolute Gasteiger partial charge is 0.477 e. The molecule has 0 radical (unpaired) electrons. The third-order valence-corrected chi connectivity index (χ3v) is 4.95. The van der Waals surface area contributed by atoms with Crippen LogP contribution in [0, 0.1) is 6.92 Å². The van der Waals surface area contributed by atoms with Crippen LogP contribution in [-0.4, -0.2) is 33.7 Å². The van der Waals surface area contributed by atoms with Crippen LogP contribution in [0.4, 0.5) is 5.69 Å². The number of rotatable bonds is 3. The van der Waals surface area contributed by atoms with Crippen LogP contribution in [0.5, 0.6) is 0 Å². The SMILES string of the molecule is Cc1ccn(-c2ccc(N3CCCC3)c3ncccc23)c(=O)c1C(=O)O. The van der Waals surface area contributed by atoms with Gasteiger partial charge in [-0.15, -0.1) is 0 Å². The van der Waals surface area contributed by atoms with Crippen molar-refractivity contribution in [2.75, 3.05) is 18.0 Å². The summed E-state index contributed by atoms with van der Waals surface area (Å²) in [6.07, 6.45) is 5.69. The summed E-state index contributed by atoms with van der Waals surface area (Å²) in [5.41, 5.74) is 2.25. The highest BCUT2D eigenvalue weighted by atomic mass is 16.4. The number of hydrogen-bond donors (Lipinski definition) is 1. The number of aryl methyl sites for hydroxylation is 1. The van der Waals surface area contributed by atoms with Crippen molar-refractivity contribution in [2.24, 2.45) is 0 Å². The molecule has 6 heteroatoms. The van der Waals surface area contributed by atoms with Gasteiger partial charge in [-0.05, 0) is 55.7 Å². The molecule has 26 heavy (non-hydrogen) atoms. The summed E-state index contributed by atoms with van der Waals surface area (Å²) in [6, 6.07) is 9.26. The van der Waals surface area contributed by atoms with Crippen LogP contribution in [0.1, 0.15) is 28.8 Å². The van der Waals surface area contributed by atoms with Crippen molar-refractivity contribution in [1.82, 2.24) is 9.55 Å². The van der Waals surface area contributed by atoms with E-state index in [1.54, 1.807) is 25.4 Å². The van der Waals surface area contributed by atoms with Crippen molar-refractivity contribution in [3.8, 4) is 5.69 Å². The standard InChI is InChI=1S/C20H19N3O3/c1-13-8-12-23(19(24)17(13)20(25)26)15-6-7-16(22-10-2-3-11-22)18-14(15)5-4-9-21-18/h4-9,12H,2-3,10-11H2,1H3,(H,25,26). The lowest BCUT2D eigenvalue weighted by Gasteiger charge is -2.21. The minimum atomic E-state index is -1.21. The molecule has 6 nitrogen and oxygen atoms in total. The molecule has 0 amide bonds. The van der Waals surface area contributed by atoms with Gasteiger partial charge in [0.2, 0.25) is 0 Å². The fourth-order valence-corrected chi connectivity index (χ4v) is 3.64. The molecule has 0 bridgehead atoms. The second-order valence-electron chi connectivity index (χ2n) is 6.55. The highest BCUT2D eigenvalue weighted by Crippen LogP contribution is 2.31. The van der Waals surface area contributed by atoms with E-state index in [0.717, 1.165) is 42.5 Å². The van der Waals surface area contributed by atoms with Crippen molar-refractivity contribution in [3.63, 3.8) is 0 Å². The molecule has 3 aromatic rings. The first-order valence-electron chi connectivity index (χ1n) is 8.66. The second kappa shape index (κ2) is 6.29. The van der Waals surface area contributed by atoms with Gasteiger partial charge in [0.25, 0.3) is 5.56 Å². The van der Waals surface area contributed by atoms with E-state index in [-0.39, 0.29) is 5.56 Å². The summed E-state index contributed by atoms with van der Waals surface area (Å²) in [5.74, 6) is -1.21. The van der Waals surface area contributed by atoms with Crippen LogP contribution in [0.2, 0.25) is 0 Å². The highest BCUT2D eigenvalue weighted by molar-refractivity contribution is 5.97. The summed E-state index contributed by atoms with van der Waals surface area (Å²) in [6.45, 7) is 3.63. The van der Waals surface area contributed by atoms with Gasteiger partial charge in [-0.2, -0.15) is 0 Å². The molecule has 1 N–H and O–H groups in total. The van der Waals surface area contributed by atoms with Gasteiger partial charge in [-0.3, -0.25) is 14.3 Å². The average Bonchev–Trinajstić information content (AvgIpc) is 3.15. The molecule has 4 rings (SSSR count). The fraction of sp³-hybridized carbons (Fsp3) is 0.250. The maximum atomic E-state index is 12.8. The molecular formula is C20H19N3O3. The molecule has 2 aromatic heterocycles. The summed E-state index contributed by atoms with van der Waals surface area (Å²) in [5, 5.41) is 10.2. The van der Waals surface area contributed by atoms with E-state index in [1.807, 2.05) is 24.3 Å². The Kier molecular flexibility index (Phi) is 3.95. The van der Waals surface area contributed by atoms with E-state index in [0.29, 0.717) is 11.3 Å². The summed E-state index contributed by atoms with van der Waals surface area (Å²) in [4.78, 5) is 31.1. The Bertz CT molecular complexity index is 1070. The number of carbonyl (C=O) groups is 1. The smallest absolute Gasteiger partial charge is 0.341 e. The van der Waals surface area contributed by atoms with E-state index in [4.69, 9.17) is 0 Å². The molecule has 3 heterocycles. The van der Waals surface area contributed by atoms with Gasteiger partial charge in [0.15, 0.2) is 0 Å². The van der Waals surface area contributed by atoms with E-state index >= 15 is 0 Å². The molecule has 1 aliphatic heterocycles. The van der Waals surface area contributed by atoms with E-state index < -0.39 is 11.5 Å². The number of anilines is 1. The zero-order valence-electron chi connectivity index (χ0n) is 14.5. The van der Waals surface area contributed by atoms with Crippen molar-refractivity contribution in [3.05, 3.63) is 64.2 Å². The van der Waals surface area contributed by atoms with Gasteiger partial charge in [-0.1, -0.05) is 0 Å².